The molecule has 1 aromatic rings. The third-order valence-electron chi connectivity index (χ3n) is 3.34. The first kappa shape index (κ1) is 15.5. The molecule has 0 saturated carbocycles. The molecule has 3 heteroatoms. The zero-order chi connectivity index (χ0) is 13.5. The van der Waals surface area contributed by atoms with E-state index in [4.69, 9.17) is 4.74 Å². The Bertz CT molecular complexity index is 368. The van der Waals surface area contributed by atoms with Crippen molar-refractivity contribution < 1.29 is 4.74 Å². The molecule has 0 aromatic heterocycles. The maximum atomic E-state index is 5.48. The van der Waals surface area contributed by atoms with E-state index in [1.165, 1.54) is 18.4 Å². The molecule has 0 bridgehead atoms. The standard InChI is InChI=1S/C15H24BrNO/c1-5-6-11(2)9-14(17-3)13-8-7-12(16)10-15(13)18-4/h7-8,10-11,14,17H,5-6,9H2,1-4H3. The Kier molecular flexibility index (Phi) is 6.72. The van der Waals surface area contributed by atoms with Gasteiger partial charge in [-0.15, -0.1) is 0 Å². The summed E-state index contributed by atoms with van der Waals surface area (Å²) in [4.78, 5) is 0. The molecule has 0 amide bonds. The van der Waals surface area contributed by atoms with E-state index in [-0.39, 0.29) is 0 Å². The van der Waals surface area contributed by atoms with Crippen molar-refractivity contribution in [3.8, 4) is 5.75 Å². The molecule has 0 saturated heterocycles. The molecule has 0 radical (unpaired) electrons. The van der Waals surface area contributed by atoms with Crippen molar-refractivity contribution in [3.05, 3.63) is 28.2 Å². The minimum Gasteiger partial charge on any atom is -0.496 e. The van der Waals surface area contributed by atoms with E-state index < -0.39 is 0 Å². The molecule has 0 aliphatic heterocycles. The Morgan fingerprint density at radius 3 is 2.67 bits per heavy atom. The molecule has 0 heterocycles. The second kappa shape index (κ2) is 7.80. The second-order valence-electron chi connectivity index (χ2n) is 4.86. The third kappa shape index (κ3) is 4.29. The lowest BCUT2D eigenvalue weighted by atomic mass is 9.92. The SMILES string of the molecule is CCCC(C)CC(NC)c1ccc(Br)cc1OC. The van der Waals surface area contributed by atoms with Crippen LogP contribution in [-0.2, 0) is 0 Å². The summed E-state index contributed by atoms with van der Waals surface area (Å²) in [5, 5.41) is 3.41. The molecule has 102 valence electrons. The van der Waals surface area contributed by atoms with Crippen LogP contribution in [0.15, 0.2) is 22.7 Å². The van der Waals surface area contributed by atoms with Crippen molar-refractivity contribution in [3.63, 3.8) is 0 Å². The van der Waals surface area contributed by atoms with Crippen LogP contribution in [0.4, 0.5) is 0 Å². The predicted molar refractivity (Wildman–Crippen MR) is 81.2 cm³/mol. The van der Waals surface area contributed by atoms with Crippen molar-refractivity contribution in [2.75, 3.05) is 14.2 Å². The maximum Gasteiger partial charge on any atom is 0.124 e. The number of ether oxygens (including phenoxy) is 1. The Hall–Kier alpha value is -0.540. The van der Waals surface area contributed by atoms with Gasteiger partial charge >= 0.3 is 0 Å². The fraction of sp³-hybridized carbons (Fsp3) is 0.600. The Balaban J connectivity index is 2.87. The number of hydrogen-bond donors (Lipinski definition) is 1. The van der Waals surface area contributed by atoms with Gasteiger partial charge in [-0.25, -0.2) is 0 Å². The summed E-state index contributed by atoms with van der Waals surface area (Å²) >= 11 is 3.48. The highest BCUT2D eigenvalue weighted by Gasteiger charge is 2.17. The average molecular weight is 314 g/mol. The molecule has 2 nitrogen and oxygen atoms in total. The van der Waals surface area contributed by atoms with Crippen molar-refractivity contribution >= 4 is 15.9 Å². The van der Waals surface area contributed by atoms with Crippen molar-refractivity contribution in [1.82, 2.24) is 5.32 Å². The predicted octanol–water partition coefficient (Wildman–Crippen LogP) is 4.54. The van der Waals surface area contributed by atoms with Crippen LogP contribution in [0.3, 0.4) is 0 Å². The molecule has 2 atom stereocenters. The van der Waals surface area contributed by atoms with Gasteiger partial charge in [0.2, 0.25) is 0 Å². The average Bonchev–Trinajstić information content (AvgIpc) is 2.36. The van der Waals surface area contributed by atoms with E-state index in [0.29, 0.717) is 6.04 Å². The minimum absolute atomic E-state index is 0.356. The van der Waals surface area contributed by atoms with Gasteiger partial charge in [-0.2, -0.15) is 0 Å². The normalized spacial score (nSPS) is 14.3. The van der Waals surface area contributed by atoms with E-state index in [2.05, 4.69) is 47.2 Å². The maximum absolute atomic E-state index is 5.48. The van der Waals surface area contributed by atoms with Gasteiger partial charge in [-0.1, -0.05) is 48.7 Å². The number of halogens is 1. The number of methoxy groups -OCH3 is 1. The molecule has 2 unspecified atom stereocenters. The quantitative estimate of drug-likeness (QED) is 0.797. The second-order valence-corrected chi connectivity index (χ2v) is 5.77. The molecule has 1 rings (SSSR count). The van der Waals surface area contributed by atoms with Gasteiger partial charge < -0.3 is 10.1 Å². The molecular weight excluding hydrogens is 290 g/mol. The topological polar surface area (TPSA) is 21.3 Å². The van der Waals surface area contributed by atoms with Crippen LogP contribution in [0.25, 0.3) is 0 Å². The lowest BCUT2D eigenvalue weighted by Crippen LogP contribution is -2.19. The number of rotatable bonds is 7. The molecule has 0 aliphatic rings. The largest absolute Gasteiger partial charge is 0.496 e. The molecule has 18 heavy (non-hydrogen) atoms. The molecule has 0 spiro atoms. The summed E-state index contributed by atoms with van der Waals surface area (Å²) < 4.78 is 6.54. The fourth-order valence-corrected chi connectivity index (χ4v) is 2.73. The van der Waals surface area contributed by atoms with Crippen LogP contribution in [0.1, 0.15) is 44.7 Å². The zero-order valence-electron chi connectivity index (χ0n) is 11.8. The highest BCUT2D eigenvalue weighted by Crippen LogP contribution is 2.32. The van der Waals surface area contributed by atoms with Crippen molar-refractivity contribution in [1.29, 1.82) is 0 Å². The monoisotopic (exact) mass is 313 g/mol. The molecule has 0 fully saturated rings. The smallest absolute Gasteiger partial charge is 0.124 e. The highest BCUT2D eigenvalue weighted by molar-refractivity contribution is 9.10. The Morgan fingerprint density at radius 1 is 1.39 bits per heavy atom. The van der Waals surface area contributed by atoms with Gasteiger partial charge in [0.25, 0.3) is 0 Å². The summed E-state index contributed by atoms with van der Waals surface area (Å²) in [6.07, 6.45) is 3.66. The van der Waals surface area contributed by atoms with Crippen LogP contribution in [-0.4, -0.2) is 14.2 Å². The van der Waals surface area contributed by atoms with Crippen LogP contribution in [0.2, 0.25) is 0 Å². The Morgan fingerprint density at radius 2 is 2.11 bits per heavy atom. The third-order valence-corrected chi connectivity index (χ3v) is 3.83. The van der Waals surface area contributed by atoms with Gasteiger partial charge in [0.05, 0.1) is 7.11 Å². The minimum atomic E-state index is 0.356. The van der Waals surface area contributed by atoms with Crippen LogP contribution in [0, 0.1) is 5.92 Å². The summed E-state index contributed by atoms with van der Waals surface area (Å²) in [5.74, 6) is 1.67. The summed E-state index contributed by atoms with van der Waals surface area (Å²) in [5.41, 5.74) is 1.24. The molecule has 1 N–H and O–H groups in total. The van der Waals surface area contributed by atoms with E-state index in [1.54, 1.807) is 7.11 Å². The summed E-state index contributed by atoms with van der Waals surface area (Å²) in [6, 6.07) is 6.61. The molecule has 0 aliphatic carbocycles. The van der Waals surface area contributed by atoms with Crippen molar-refractivity contribution in [2.24, 2.45) is 5.92 Å². The summed E-state index contributed by atoms with van der Waals surface area (Å²) in [6.45, 7) is 4.56. The molecular formula is C15H24BrNO. The highest BCUT2D eigenvalue weighted by atomic mass is 79.9. The zero-order valence-corrected chi connectivity index (χ0v) is 13.4. The van der Waals surface area contributed by atoms with E-state index in [9.17, 15) is 0 Å². The van der Waals surface area contributed by atoms with E-state index >= 15 is 0 Å². The first-order valence-electron chi connectivity index (χ1n) is 6.63. The van der Waals surface area contributed by atoms with Crippen LogP contribution < -0.4 is 10.1 Å². The first-order chi connectivity index (χ1) is 8.62. The van der Waals surface area contributed by atoms with E-state index in [0.717, 1.165) is 22.6 Å². The lowest BCUT2D eigenvalue weighted by molar-refractivity contribution is 0.375. The lowest BCUT2D eigenvalue weighted by Gasteiger charge is -2.22. The van der Waals surface area contributed by atoms with Gasteiger partial charge in [-0.3, -0.25) is 0 Å². The van der Waals surface area contributed by atoms with Crippen molar-refractivity contribution in [2.45, 2.75) is 39.2 Å². The number of nitrogens with one attached hydrogen (secondary N) is 1. The van der Waals surface area contributed by atoms with Gasteiger partial charge in [0.15, 0.2) is 0 Å². The van der Waals surface area contributed by atoms with Gasteiger partial charge in [0, 0.05) is 16.1 Å². The van der Waals surface area contributed by atoms with E-state index in [1.807, 2.05) is 13.1 Å². The first-order valence-corrected chi connectivity index (χ1v) is 7.42. The summed E-state index contributed by atoms with van der Waals surface area (Å²) in [7, 11) is 3.75. The number of hydrogen-bond acceptors (Lipinski definition) is 2. The molecule has 1 aromatic carbocycles. The van der Waals surface area contributed by atoms with Crippen LogP contribution in [0.5, 0.6) is 5.75 Å². The van der Waals surface area contributed by atoms with Gasteiger partial charge in [0.1, 0.15) is 5.75 Å². The van der Waals surface area contributed by atoms with Gasteiger partial charge in [-0.05, 0) is 31.5 Å². The number of benzene rings is 1. The fourth-order valence-electron chi connectivity index (χ4n) is 2.39. The van der Waals surface area contributed by atoms with Crippen LogP contribution >= 0.6 is 15.9 Å². The Labute approximate surface area is 119 Å².